The van der Waals surface area contributed by atoms with Crippen molar-refractivity contribution in [3.8, 4) is 11.3 Å². The number of nitrogens with zero attached hydrogens (tertiary/aromatic N) is 1. The average molecular weight is 663 g/mol. The monoisotopic (exact) mass is 663 g/mol. The molecule has 2 N–H and O–H groups in total. The van der Waals surface area contributed by atoms with Crippen LogP contribution in [0.4, 0.5) is 0 Å². The molecule has 2 unspecified atom stereocenters. The van der Waals surface area contributed by atoms with Crippen LogP contribution in [-0.4, -0.2) is 27.4 Å². The fraction of sp³-hybridized carbons (Fsp3) is 0.531. The number of fused-ring (bicyclic) bond motifs is 2. The Bertz CT molecular complexity index is 1150. The smallest absolute Gasteiger partial charge is 0.0646 e. The third kappa shape index (κ3) is 5.20. The normalized spacial score (nSPS) is 28.3. The van der Waals surface area contributed by atoms with Crippen molar-refractivity contribution in [2.75, 3.05) is 0 Å². The summed E-state index contributed by atoms with van der Waals surface area (Å²) in [7, 11) is 0. The first-order valence-corrected chi connectivity index (χ1v) is 13.4. The standard InChI is InChI=1S/C20H18N.C12H22O2.Ir/c1-2-8-17(9-3-1)20-19-14-18(15-6-4-5-7-15)11-10-16(19)12-13-21-20;1-11(2)5-7-6-12(3,4)10(14)8(7)9(11)13;/h1-3,8,10-15H,4-7H2;7-10,13-14H,5-6H2,1-4H3;/q-1;;. The molecule has 3 aliphatic rings. The SMILES string of the molecule is CC1(C)CC2CC(C)(C)C(O)C2C1O.[Ir].[c-]1ccccc1-c1nccc2ccc(C3CCCC3)cc12. The summed E-state index contributed by atoms with van der Waals surface area (Å²) in [6.45, 7) is 8.43. The van der Waals surface area contributed by atoms with Gasteiger partial charge >= 0.3 is 0 Å². The number of aliphatic hydroxyl groups excluding tert-OH is 2. The minimum absolute atomic E-state index is 0. The molecule has 3 aliphatic carbocycles. The maximum Gasteiger partial charge on any atom is 0.0646 e. The van der Waals surface area contributed by atoms with E-state index in [1.54, 1.807) is 0 Å². The Morgan fingerprint density at radius 1 is 0.889 bits per heavy atom. The van der Waals surface area contributed by atoms with Crippen LogP contribution in [0, 0.1) is 28.7 Å². The van der Waals surface area contributed by atoms with Gasteiger partial charge in [0.2, 0.25) is 0 Å². The molecule has 3 fully saturated rings. The summed E-state index contributed by atoms with van der Waals surface area (Å²) < 4.78 is 0. The number of pyridine rings is 1. The van der Waals surface area contributed by atoms with Crippen LogP contribution in [0.1, 0.15) is 77.7 Å². The zero-order chi connectivity index (χ0) is 24.8. The second-order valence-electron chi connectivity index (χ2n) is 12.5. The van der Waals surface area contributed by atoms with E-state index in [0.717, 1.165) is 30.0 Å². The molecule has 0 amide bonds. The third-order valence-electron chi connectivity index (χ3n) is 9.03. The summed E-state index contributed by atoms with van der Waals surface area (Å²) in [6, 6.07) is 20.4. The van der Waals surface area contributed by atoms with Crippen LogP contribution in [0.3, 0.4) is 0 Å². The van der Waals surface area contributed by atoms with Gasteiger partial charge in [0.15, 0.2) is 0 Å². The van der Waals surface area contributed by atoms with Crippen LogP contribution >= 0.6 is 0 Å². The van der Waals surface area contributed by atoms with Gasteiger partial charge in [-0.05, 0) is 76.4 Å². The quantitative estimate of drug-likeness (QED) is 0.287. The number of hydrogen-bond acceptors (Lipinski definition) is 3. The van der Waals surface area contributed by atoms with E-state index >= 15 is 0 Å². The molecule has 3 nitrogen and oxygen atoms in total. The van der Waals surface area contributed by atoms with E-state index in [4.69, 9.17) is 0 Å². The zero-order valence-electron chi connectivity index (χ0n) is 22.0. The Hall–Kier alpha value is -1.58. The van der Waals surface area contributed by atoms with Crippen LogP contribution in [0.2, 0.25) is 0 Å². The van der Waals surface area contributed by atoms with Gasteiger partial charge in [0.05, 0.1) is 12.2 Å². The van der Waals surface area contributed by atoms with Crippen molar-refractivity contribution in [1.82, 2.24) is 4.98 Å². The van der Waals surface area contributed by atoms with Gasteiger partial charge in [0.25, 0.3) is 0 Å². The first kappa shape index (κ1) is 27.5. The fourth-order valence-electron chi connectivity index (χ4n) is 7.12. The molecule has 0 spiro atoms. The van der Waals surface area contributed by atoms with Crippen LogP contribution in [-0.2, 0) is 20.1 Å². The maximum absolute atomic E-state index is 10.2. The van der Waals surface area contributed by atoms with Gasteiger partial charge in [-0.3, -0.25) is 0 Å². The van der Waals surface area contributed by atoms with Crippen molar-refractivity contribution in [3.05, 3.63) is 66.4 Å². The molecule has 0 bridgehead atoms. The molecule has 6 rings (SSSR count). The molecule has 195 valence electrons. The molecule has 2 atom stereocenters. The van der Waals surface area contributed by atoms with Crippen LogP contribution in [0.25, 0.3) is 22.0 Å². The van der Waals surface area contributed by atoms with Crippen molar-refractivity contribution in [2.24, 2.45) is 22.7 Å². The van der Waals surface area contributed by atoms with Crippen LogP contribution in [0.15, 0.2) is 54.7 Å². The van der Waals surface area contributed by atoms with E-state index in [0.29, 0.717) is 5.92 Å². The van der Waals surface area contributed by atoms with Gasteiger partial charge in [-0.2, -0.15) is 0 Å². The predicted molar refractivity (Wildman–Crippen MR) is 143 cm³/mol. The van der Waals surface area contributed by atoms with Crippen LogP contribution < -0.4 is 0 Å². The van der Waals surface area contributed by atoms with Crippen molar-refractivity contribution < 1.29 is 30.3 Å². The minimum Gasteiger partial charge on any atom is -0.392 e. The fourth-order valence-corrected chi connectivity index (χ4v) is 7.12. The molecule has 1 radical (unpaired) electrons. The number of hydrogen-bond donors (Lipinski definition) is 2. The summed E-state index contributed by atoms with van der Waals surface area (Å²) in [5, 5.41) is 22.9. The van der Waals surface area contributed by atoms with E-state index in [9.17, 15) is 10.2 Å². The Labute approximate surface area is 230 Å². The Morgan fingerprint density at radius 3 is 2.14 bits per heavy atom. The van der Waals surface area contributed by atoms with Crippen molar-refractivity contribution in [2.45, 2.75) is 84.3 Å². The van der Waals surface area contributed by atoms with Gasteiger partial charge in [0, 0.05) is 32.2 Å². The van der Waals surface area contributed by atoms with E-state index in [-0.39, 0.29) is 49.1 Å². The van der Waals surface area contributed by atoms with Crippen molar-refractivity contribution in [1.29, 1.82) is 0 Å². The average Bonchev–Trinajstić information content (AvgIpc) is 3.51. The summed E-state index contributed by atoms with van der Waals surface area (Å²) in [5.74, 6) is 1.37. The van der Waals surface area contributed by atoms with E-state index in [2.05, 4.69) is 69.1 Å². The molecule has 36 heavy (non-hydrogen) atoms. The molecule has 1 aromatic heterocycles. The minimum atomic E-state index is -0.329. The number of aromatic nitrogens is 1. The molecule has 0 aliphatic heterocycles. The number of benzene rings is 2. The van der Waals surface area contributed by atoms with Gasteiger partial charge < -0.3 is 15.2 Å². The Kier molecular flexibility index (Phi) is 8.12. The second kappa shape index (κ2) is 10.7. The first-order chi connectivity index (χ1) is 16.7. The first-order valence-electron chi connectivity index (χ1n) is 13.4. The van der Waals surface area contributed by atoms with E-state index < -0.39 is 0 Å². The second-order valence-corrected chi connectivity index (χ2v) is 12.5. The molecule has 3 saturated carbocycles. The molecule has 2 aromatic carbocycles. The molecular formula is C32H40IrNO2-. The molecule has 1 heterocycles. The van der Waals surface area contributed by atoms with Crippen molar-refractivity contribution in [3.63, 3.8) is 0 Å². The van der Waals surface area contributed by atoms with Crippen LogP contribution in [0.5, 0.6) is 0 Å². The Balaban J connectivity index is 0.000000178. The largest absolute Gasteiger partial charge is 0.392 e. The van der Waals surface area contributed by atoms with Gasteiger partial charge in [0.1, 0.15) is 0 Å². The maximum atomic E-state index is 10.2. The third-order valence-corrected chi connectivity index (χ3v) is 9.03. The van der Waals surface area contributed by atoms with Gasteiger partial charge in [-0.15, -0.1) is 35.9 Å². The van der Waals surface area contributed by atoms with Gasteiger partial charge in [-0.1, -0.05) is 58.7 Å². The summed E-state index contributed by atoms with van der Waals surface area (Å²) in [5.41, 5.74) is 3.59. The molecular weight excluding hydrogens is 623 g/mol. The number of rotatable bonds is 2. The summed E-state index contributed by atoms with van der Waals surface area (Å²) >= 11 is 0. The van der Waals surface area contributed by atoms with E-state index in [1.807, 2.05) is 24.4 Å². The Morgan fingerprint density at radius 2 is 1.56 bits per heavy atom. The van der Waals surface area contributed by atoms with Gasteiger partial charge in [-0.25, -0.2) is 0 Å². The summed E-state index contributed by atoms with van der Waals surface area (Å²) in [4.78, 5) is 4.61. The van der Waals surface area contributed by atoms with Crippen molar-refractivity contribution >= 4 is 10.8 Å². The number of aliphatic hydroxyl groups is 2. The summed E-state index contributed by atoms with van der Waals surface area (Å²) in [6.07, 6.45) is 8.75. The molecule has 3 aromatic rings. The van der Waals surface area contributed by atoms with E-state index in [1.165, 1.54) is 42.0 Å². The topological polar surface area (TPSA) is 53.4 Å². The predicted octanol–water partition coefficient (Wildman–Crippen LogP) is 7.16. The molecule has 0 saturated heterocycles. The zero-order valence-corrected chi connectivity index (χ0v) is 24.4. The molecule has 4 heteroatoms.